The third-order valence-electron chi connectivity index (χ3n) is 5.74. The van der Waals surface area contributed by atoms with Crippen molar-refractivity contribution in [3.05, 3.63) is 126 Å². The van der Waals surface area contributed by atoms with Gasteiger partial charge in [-0.25, -0.2) is 5.06 Å². The Morgan fingerprint density at radius 1 is 0.719 bits per heavy atom. The number of benzene rings is 4. The van der Waals surface area contributed by atoms with Gasteiger partial charge in [0.25, 0.3) is 5.91 Å². The molecule has 3 nitrogen and oxygen atoms in total. The molecule has 0 aliphatic rings. The van der Waals surface area contributed by atoms with Crippen molar-refractivity contribution in [1.29, 1.82) is 0 Å². The lowest BCUT2D eigenvalue weighted by molar-refractivity contribution is -0.0757. The summed E-state index contributed by atoms with van der Waals surface area (Å²) in [6, 6.07) is 40.2. The lowest BCUT2D eigenvalue weighted by Gasteiger charge is -2.28. The van der Waals surface area contributed by atoms with E-state index in [1.54, 1.807) is 7.05 Å². The molecule has 0 fully saturated rings. The van der Waals surface area contributed by atoms with E-state index >= 15 is 0 Å². The summed E-state index contributed by atoms with van der Waals surface area (Å²) in [4.78, 5) is 17.8. The van der Waals surface area contributed by atoms with Crippen molar-refractivity contribution in [3.63, 3.8) is 0 Å². The van der Waals surface area contributed by atoms with Crippen LogP contribution in [0, 0.1) is 0 Å². The van der Waals surface area contributed by atoms with E-state index in [0.29, 0.717) is 5.56 Å². The van der Waals surface area contributed by atoms with Crippen molar-refractivity contribution in [1.82, 2.24) is 5.06 Å². The fourth-order valence-corrected chi connectivity index (χ4v) is 8.34. The van der Waals surface area contributed by atoms with Gasteiger partial charge in [-0.3, -0.25) is 9.63 Å². The van der Waals surface area contributed by atoms with Gasteiger partial charge in [-0.05, 0) is 54.1 Å². The third kappa shape index (κ3) is 4.36. The Kier molecular flexibility index (Phi) is 6.80. The lowest BCUT2D eigenvalue weighted by Crippen LogP contribution is -2.32. The largest absolute Gasteiger partial charge is 0.277 e. The van der Waals surface area contributed by atoms with Crippen LogP contribution in [0.3, 0.4) is 0 Å². The molecule has 32 heavy (non-hydrogen) atoms. The summed E-state index contributed by atoms with van der Waals surface area (Å²) < 4.78 is 0. The third-order valence-corrected chi connectivity index (χ3v) is 10.1. The van der Waals surface area contributed by atoms with Crippen LogP contribution in [0.4, 0.5) is 0 Å². The number of hydrogen-bond donors (Lipinski definition) is 0. The van der Waals surface area contributed by atoms with Crippen molar-refractivity contribution >= 4 is 29.1 Å². The highest BCUT2D eigenvalue weighted by Crippen LogP contribution is 2.58. The number of amides is 1. The Morgan fingerprint density at radius 3 is 1.62 bits per heavy atom. The van der Waals surface area contributed by atoms with Gasteiger partial charge < -0.3 is 0 Å². The topological polar surface area (TPSA) is 29.5 Å². The number of rotatable bonds is 7. The molecule has 160 valence electrons. The van der Waals surface area contributed by atoms with Crippen molar-refractivity contribution < 1.29 is 9.63 Å². The van der Waals surface area contributed by atoms with Crippen LogP contribution in [0.15, 0.2) is 115 Å². The molecular weight excluding hydrogens is 413 g/mol. The molecule has 0 bridgehead atoms. The van der Waals surface area contributed by atoms with Gasteiger partial charge in [0.2, 0.25) is 0 Å². The molecule has 0 unspecified atom stereocenters. The van der Waals surface area contributed by atoms with Crippen LogP contribution in [0.2, 0.25) is 0 Å². The molecule has 0 saturated carbocycles. The highest BCUT2D eigenvalue weighted by Gasteiger charge is 2.45. The molecule has 0 atom stereocenters. The van der Waals surface area contributed by atoms with Crippen molar-refractivity contribution in [3.8, 4) is 0 Å². The first kappa shape index (κ1) is 22.0. The van der Waals surface area contributed by atoms with Gasteiger partial charge in [-0.2, -0.15) is 0 Å². The Bertz CT molecular complexity index is 1070. The van der Waals surface area contributed by atoms with Gasteiger partial charge in [-0.1, -0.05) is 66.7 Å². The molecule has 0 aliphatic heterocycles. The summed E-state index contributed by atoms with van der Waals surface area (Å²) in [6.07, 6.45) is 0.822. The van der Waals surface area contributed by atoms with E-state index in [1.807, 2.05) is 18.2 Å². The Labute approximate surface area is 190 Å². The number of carbonyl (C=O) groups is 1. The summed E-state index contributed by atoms with van der Waals surface area (Å²) in [5, 5.41) is 5.22. The van der Waals surface area contributed by atoms with Crippen LogP contribution in [0.25, 0.3) is 0 Å². The zero-order valence-corrected chi connectivity index (χ0v) is 19.3. The maximum absolute atomic E-state index is 12.7. The molecule has 0 radical (unpaired) electrons. The van der Waals surface area contributed by atoms with Crippen LogP contribution >= 0.6 is 7.26 Å². The van der Waals surface area contributed by atoms with E-state index < -0.39 is 7.26 Å². The number of hydroxylamine groups is 2. The van der Waals surface area contributed by atoms with Crippen LogP contribution in [0.1, 0.15) is 15.9 Å². The molecule has 0 N–H and O–H groups in total. The quantitative estimate of drug-likeness (QED) is 0.305. The zero-order chi connectivity index (χ0) is 22.4. The van der Waals surface area contributed by atoms with Crippen LogP contribution in [0.5, 0.6) is 0 Å². The average Bonchev–Trinajstić information content (AvgIpc) is 2.88. The summed E-state index contributed by atoms with van der Waals surface area (Å²) in [5.41, 5.74) is 1.75. The van der Waals surface area contributed by atoms with Gasteiger partial charge in [0.05, 0.1) is 13.3 Å². The standard InChI is InChI=1S/C28H27NO2P/c1-29(31-2)28(30)24-14-12-13-23(21-24)22-32(25-15-6-3-7-16-25,26-17-8-4-9-18-26)27-19-10-5-11-20-27/h3-21H,22H2,1-2H3/q+1. The van der Waals surface area contributed by atoms with Crippen molar-refractivity contribution in [2.75, 3.05) is 14.2 Å². The molecule has 4 aromatic carbocycles. The smallest absolute Gasteiger partial charge is 0.274 e. The van der Waals surface area contributed by atoms with Crippen LogP contribution in [-0.4, -0.2) is 25.1 Å². The second-order valence-electron chi connectivity index (χ2n) is 7.66. The van der Waals surface area contributed by atoms with Gasteiger partial charge >= 0.3 is 0 Å². The normalized spacial score (nSPS) is 11.2. The summed E-state index contributed by atoms with van der Waals surface area (Å²) in [5.74, 6) is -0.155. The highest BCUT2D eigenvalue weighted by atomic mass is 31.2. The van der Waals surface area contributed by atoms with Crippen LogP contribution in [-0.2, 0) is 11.0 Å². The number of hydrogen-bond acceptors (Lipinski definition) is 2. The predicted molar refractivity (Wildman–Crippen MR) is 134 cm³/mol. The highest BCUT2D eigenvalue weighted by molar-refractivity contribution is 7.95. The Morgan fingerprint density at radius 2 is 1.19 bits per heavy atom. The van der Waals surface area contributed by atoms with Gasteiger partial charge in [0.1, 0.15) is 23.2 Å². The van der Waals surface area contributed by atoms with Crippen LogP contribution < -0.4 is 15.9 Å². The molecule has 4 heteroatoms. The minimum absolute atomic E-state index is 0.155. The van der Waals surface area contributed by atoms with E-state index in [-0.39, 0.29) is 5.91 Å². The van der Waals surface area contributed by atoms with E-state index in [9.17, 15) is 4.79 Å². The molecule has 0 saturated heterocycles. The first-order valence-corrected chi connectivity index (χ1v) is 12.6. The summed E-state index contributed by atoms with van der Waals surface area (Å²) in [7, 11) is 1.12. The summed E-state index contributed by atoms with van der Waals surface area (Å²) in [6.45, 7) is 0. The van der Waals surface area contributed by atoms with Crippen molar-refractivity contribution in [2.24, 2.45) is 0 Å². The molecule has 0 spiro atoms. The maximum Gasteiger partial charge on any atom is 0.277 e. The molecule has 1 amide bonds. The van der Waals surface area contributed by atoms with E-state index in [2.05, 4.69) is 97.1 Å². The minimum Gasteiger partial charge on any atom is -0.274 e. The molecule has 0 aromatic heterocycles. The first-order chi connectivity index (χ1) is 15.6. The van der Waals surface area contributed by atoms with E-state index in [1.165, 1.54) is 28.1 Å². The molecule has 4 aromatic rings. The molecule has 4 rings (SSSR count). The van der Waals surface area contributed by atoms with Crippen molar-refractivity contribution in [2.45, 2.75) is 6.16 Å². The van der Waals surface area contributed by atoms with Gasteiger partial charge in [0, 0.05) is 12.6 Å². The Balaban J connectivity index is 1.91. The summed E-state index contributed by atoms with van der Waals surface area (Å²) >= 11 is 0. The SMILES string of the molecule is CON(C)C(=O)c1cccc(C[P+](c2ccccc2)(c2ccccc2)c2ccccc2)c1. The second-order valence-corrected chi connectivity index (χ2v) is 11.1. The minimum atomic E-state index is -2.01. The van der Waals surface area contributed by atoms with E-state index in [4.69, 9.17) is 4.84 Å². The fraction of sp³-hybridized carbons (Fsp3) is 0.107. The zero-order valence-electron chi connectivity index (χ0n) is 18.4. The van der Waals surface area contributed by atoms with Gasteiger partial charge in [-0.15, -0.1) is 0 Å². The first-order valence-electron chi connectivity index (χ1n) is 10.6. The van der Waals surface area contributed by atoms with Gasteiger partial charge in [0.15, 0.2) is 0 Å². The molecule has 0 aliphatic carbocycles. The number of nitrogens with zero attached hydrogens (tertiary/aromatic N) is 1. The van der Waals surface area contributed by atoms with E-state index in [0.717, 1.165) is 11.7 Å². The molecule has 0 heterocycles. The maximum atomic E-state index is 12.7. The monoisotopic (exact) mass is 440 g/mol. The fourth-order valence-electron chi connectivity index (χ4n) is 4.11. The lowest BCUT2D eigenvalue weighted by atomic mass is 10.1. The average molecular weight is 441 g/mol. The molecular formula is C28H27NO2P+. The predicted octanol–water partition coefficient (Wildman–Crippen LogP) is 4.81. The second kappa shape index (κ2) is 9.91. The number of carbonyl (C=O) groups excluding carboxylic acids is 1. The Hall–Kier alpha value is -3.26.